The highest BCUT2D eigenvalue weighted by Gasteiger charge is 2.04. The number of hydrogen-bond donors (Lipinski definition) is 1. The number of rotatable bonds is 9. The van der Waals surface area contributed by atoms with Gasteiger partial charge in [-0.05, 0) is 25.0 Å². The average molecular weight is 332 g/mol. The molecule has 1 aromatic carbocycles. The Bertz CT molecular complexity index is 682. The van der Waals surface area contributed by atoms with Crippen molar-refractivity contribution in [3.05, 3.63) is 47.0 Å². The van der Waals surface area contributed by atoms with Crippen molar-refractivity contribution in [1.29, 1.82) is 0 Å². The second-order valence-electron chi connectivity index (χ2n) is 5.79. The van der Waals surface area contributed by atoms with Gasteiger partial charge in [-0.2, -0.15) is 5.10 Å². The van der Waals surface area contributed by atoms with E-state index in [1.54, 1.807) is 18.5 Å². The molecule has 0 atom stereocenters. The zero-order chi connectivity index (χ0) is 17.4. The van der Waals surface area contributed by atoms with E-state index in [4.69, 9.17) is 10.5 Å². The lowest BCUT2D eigenvalue weighted by Crippen LogP contribution is -2.00. The second-order valence-corrected chi connectivity index (χ2v) is 5.79. The van der Waals surface area contributed by atoms with Crippen LogP contribution in [0.5, 0.6) is 0 Å². The molecule has 130 valence electrons. The molecule has 0 aliphatic heterocycles. The molecule has 0 unspecified atom stereocenters. The van der Waals surface area contributed by atoms with E-state index in [2.05, 4.69) is 17.0 Å². The zero-order valence-corrected chi connectivity index (χ0v) is 14.3. The smallest absolute Gasteiger partial charge is 0.221 e. The van der Waals surface area contributed by atoms with Crippen molar-refractivity contribution in [2.45, 2.75) is 46.1 Å². The highest BCUT2D eigenvalue weighted by molar-refractivity contribution is 5.79. The van der Waals surface area contributed by atoms with Gasteiger partial charge in [-0.25, -0.2) is 14.1 Å². The molecule has 6 heteroatoms. The van der Waals surface area contributed by atoms with Crippen LogP contribution in [0.4, 0.5) is 10.3 Å². The minimum absolute atomic E-state index is 0.290. The first-order valence-electron chi connectivity index (χ1n) is 8.32. The predicted molar refractivity (Wildman–Crippen MR) is 94.6 cm³/mol. The average Bonchev–Trinajstić information content (AvgIpc) is 2.88. The van der Waals surface area contributed by atoms with Gasteiger partial charge in [0.2, 0.25) is 5.95 Å². The SMILES string of the molecule is CCCCCCOCc1ccc(C=Nn2cc(C)nc2N)cc1F. The fourth-order valence-corrected chi connectivity index (χ4v) is 2.30. The van der Waals surface area contributed by atoms with Crippen molar-refractivity contribution in [1.82, 2.24) is 9.66 Å². The lowest BCUT2D eigenvalue weighted by atomic mass is 10.1. The standard InChI is InChI=1S/C18H25FN4O/c1-3-4-5-6-9-24-13-16-8-7-15(10-17(16)19)11-21-23-12-14(2)22-18(23)20/h7-8,10-12H,3-6,9,13H2,1-2H3,(H2,20,22). The Morgan fingerprint density at radius 1 is 1.33 bits per heavy atom. The van der Waals surface area contributed by atoms with E-state index in [1.807, 2.05) is 13.0 Å². The van der Waals surface area contributed by atoms with Gasteiger partial charge in [-0.15, -0.1) is 0 Å². The van der Waals surface area contributed by atoms with Crippen molar-refractivity contribution in [2.75, 3.05) is 12.3 Å². The van der Waals surface area contributed by atoms with Crippen molar-refractivity contribution in [2.24, 2.45) is 5.10 Å². The molecule has 0 radical (unpaired) electrons. The Morgan fingerprint density at radius 2 is 2.17 bits per heavy atom. The minimum atomic E-state index is -0.290. The van der Waals surface area contributed by atoms with Crippen molar-refractivity contribution in [3.63, 3.8) is 0 Å². The summed E-state index contributed by atoms with van der Waals surface area (Å²) >= 11 is 0. The number of aryl methyl sites for hydroxylation is 1. The number of nitrogen functional groups attached to an aromatic ring is 1. The molecule has 2 aromatic rings. The quantitative estimate of drug-likeness (QED) is 0.559. The predicted octanol–water partition coefficient (Wildman–Crippen LogP) is 3.89. The first kappa shape index (κ1) is 18.1. The van der Waals surface area contributed by atoms with Gasteiger partial charge < -0.3 is 10.5 Å². The third kappa shape index (κ3) is 5.45. The van der Waals surface area contributed by atoms with E-state index in [-0.39, 0.29) is 5.82 Å². The first-order chi connectivity index (χ1) is 11.6. The van der Waals surface area contributed by atoms with E-state index in [0.717, 1.165) is 18.5 Å². The normalized spacial score (nSPS) is 11.5. The highest BCUT2D eigenvalue weighted by atomic mass is 19.1. The molecule has 2 N–H and O–H groups in total. The molecule has 0 spiro atoms. The Labute approximate surface area is 142 Å². The summed E-state index contributed by atoms with van der Waals surface area (Å²) in [5.41, 5.74) is 7.70. The van der Waals surface area contributed by atoms with Gasteiger partial charge in [-0.3, -0.25) is 0 Å². The maximum atomic E-state index is 14.1. The van der Waals surface area contributed by atoms with Gasteiger partial charge in [0.15, 0.2) is 0 Å². The molecular weight excluding hydrogens is 307 g/mol. The largest absolute Gasteiger partial charge is 0.377 e. The molecule has 0 amide bonds. The molecule has 24 heavy (non-hydrogen) atoms. The van der Waals surface area contributed by atoms with Crippen molar-refractivity contribution < 1.29 is 9.13 Å². The topological polar surface area (TPSA) is 65.4 Å². The maximum Gasteiger partial charge on any atom is 0.221 e. The molecule has 0 aliphatic rings. The van der Waals surface area contributed by atoms with Gasteiger partial charge in [0.05, 0.1) is 24.7 Å². The number of ether oxygens (including phenoxy) is 1. The summed E-state index contributed by atoms with van der Waals surface area (Å²) in [6.07, 6.45) is 7.85. The summed E-state index contributed by atoms with van der Waals surface area (Å²) in [4.78, 5) is 4.05. The fraction of sp³-hybridized carbons (Fsp3) is 0.444. The lowest BCUT2D eigenvalue weighted by molar-refractivity contribution is 0.114. The number of nitrogens with two attached hydrogens (primary N) is 1. The molecule has 1 aromatic heterocycles. The van der Waals surface area contributed by atoms with Gasteiger partial charge in [0, 0.05) is 12.2 Å². The number of unbranched alkanes of at least 4 members (excludes halogenated alkanes) is 3. The number of nitrogens with zero attached hydrogens (tertiary/aromatic N) is 3. The number of imidazole rings is 1. The van der Waals surface area contributed by atoms with Crippen LogP contribution in [0.1, 0.15) is 49.4 Å². The maximum absolute atomic E-state index is 14.1. The van der Waals surface area contributed by atoms with Crippen LogP contribution in [0, 0.1) is 12.7 Å². The fourth-order valence-electron chi connectivity index (χ4n) is 2.30. The van der Waals surface area contributed by atoms with Crippen LogP contribution in [-0.4, -0.2) is 22.5 Å². The van der Waals surface area contributed by atoms with E-state index in [0.29, 0.717) is 30.3 Å². The monoisotopic (exact) mass is 332 g/mol. The van der Waals surface area contributed by atoms with Gasteiger partial charge >= 0.3 is 0 Å². The van der Waals surface area contributed by atoms with Crippen molar-refractivity contribution in [3.8, 4) is 0 Å². The highest BCUT2D eigenvalue weighted by Crippen LogP contribution is 2.12. The molecule has 0 saturated heterocycles. The molecule has 0 bridgehead atoms. The zero-order valence-electron chi connectivity index (χ0n) is 14.3. The molecular formula is C18H25FN4O. The van der Waals surface area contributed by atoms with Gasteiger partial charge in [-0.1, -0.05) is 38.3 Å². The summed E-state index contributed by atoms with van der Waals surface area (Å²) in [7, 11) is 0. The number of hydrogen-bond acceptors (Lipinski definition) is 4. The molecule has 0 aliphatic carbocycles. The van der Waals surface area contributed by atoms with E-state index < -0.39 is 0 Å². The third-order valence-corrected chi connectivity index (χ3v) is 3.64. The van der Waals surface area contributed by atoms with Crippen molar-refractivity contribution >= 4 is 12.2 Å². The summed E-state index contributed by atoms with van der Waals surface area (Å²) in [6.45, 7) is 4.97. The second kappa shape index (κ2) is 9.17. The van der Waals surface area contributed by atoms with E-state index >= 15 is 0 Å². The van der Waals surface area contributed by atoms with Crippen LogP contribution in [0.2, 0.25) is 0 Å². The molecule has 5 nitrogen and oxygen atoms in total. The number of anilines is 1. The third-order valence-electron chi connectivity index (χ3n) is 3.64. The molecule has 2 rings (SSSR count). The number of aromatic nitrogens is 2. The van der Waals surface area contributed by atoms with Gasteiger partial charge in [0.25, 0.3) is 0 Å². The first-order valence-corrected chi connectivity index (χ1v) is 8.32. The number of halogens is 1. The molecule has 1 heterocycles. The Kier molecular flexibility index (Phi) is 6.93. The van der Waals surface area contributed by atoms with Crippen LogP contribution in [0.25, 0.3) is 0 Å². The summed E-state index contributed by atoms with van der Waals surface area (Å²) < 4.78 is 21.1. The van der Waals surface area contributed by atoms with E-state index in [9.17, 15) is 4.39 Å². The summed E-state index contributed by atoms with van der Waals surface area (Å²) in [6, 6.07) is 4.98. The Hall–Kier alpha value is -2.21. The van der Waals surface area contributed by atoms with Crippen LogP contribution < -0.4 is 5.73 Å². The summed E-state index contributed by atoms with van der Waals surface area (Å²) in [5.74, 6) is 0.0135. The van der Waals surface area contributed by atoms with Gasteiger partial charge in [0.1, 0.15) is 5.82 Å². The lowest BCUT2D eigenvalue weighted by Gasteiger charge is -2.06. The summed E-state index contributed by atoms with van der Waals surface area (Å²) in [5, 5.41) is 4.18. The van der Waals surface area contributed by atoms with E-state index in [1.165, 1.54) is 23.6 Å². The molecule has 0 fully saturated rings. The minimum Gasteiger partial charge on any atom is -0.377 e. The number of benzene rings is 1. The van der Waals surface area contributed by atoms with Crippen LogP contribution in [0.15, 0.2) is 29.5 Å². The molecule has 0 saturated carbocycles. The van der Waals surface area contributed by atoms with Crippen LogP contribution >= 0.6 is 0 Å². The Morgan fingerprint density at radius 3 is 2.83 bits per heavy atom. The van der Waals surface area contributed by atoms with Crippen LogP contribution in [0.3, 0.4) is 0 Å². The Balaban J connectivity index is 1.88. The van der Waals surface area contributed by atoms with Crippen LogP contribution in [-0.2, 0) is 11.3 Å².